The first-order valence-corrected chi connectivity index (χ1v) is 7.41. The third-order valence-corrected chi connectivity index (χ3v) is 3.76. The molecule has 2 rings (SSSR count). The van der Waals surface area contributed by atoms with Gasteiger partial charge in [0.15, 0.2) is 0 Å². The predicted molar refractivity (Wildman–Crippen MR) is 80.9 cm³/mol. The average molecular weight is 308 g/mol. The van der Waals surface area contributed by atoms with Crippen molar-refractivity contribution >= 4 is 17.3 Å². The highest BCUT2D eigenvalue weighted by Crippen LogP contribution is 2.29. The van der Waals surface area contributed by atoms with Gasteiger partial charge in [0.2, 0.25) is 0 Å². The molecule has 0 radical (unpaired) electrons. The summed E-state index contributed by atoms with van der Waals surface area (Å²) < 4.78 is 4.85. The summed E-state index contributed by atoms with van der Waals surface area (Å²) in [5, 5.41) is 23.9. The van der Waals surface area contributed by atoms with Gasteiger partial charge in [0.25, 0.3) is 5.69 Å². The van der Waals surface area contributed by atoms with Crippen molar-refractivity contribution in [2.75, 3.05) is 11.9 Å². The zero-order valence-corrected chi connectivity index (χ0v) is 12.4. The number of hydrogen-bond donors (Lipinski definition) is 2. The molecule has 0 bridgehead atoms. The Balaban J connectivity index is 2.16. The van der Waals surface area contributed by atoms with Gasteiger partial charge >= 0.3 is 5.97 Å². The lowest BCUT2D eigenvalue weighted by molar-refractivity contribution is -0.384. The van der Waals surface area contributed by atoms with E-state index in [9.17, 15) is 20.0 Å². The molecular weight excluding hydrogens is 288 g/mol. The Hall–Kier alpha value is -2.15. The molecule has 0 aromatic heterocycles. The summed E-state index contributed by atoms with van der Waals surface area (Å²) in [6, 6.07) is 4.38. The first-order chi connectivity index (χ1) is 10.5. The van der Waals surface area contributed by atoms with Gasteiger partial charge in [-0.05, 0) is 44.7 Å². The molecule has 0 amide bonds. The van der Waals surface area contributed by atoms with E-state index in [1.807, 2.05) is 0 Å². The number of nitrogens with one attached hydrogen (secondary N) is 1. The molecule has 0 atom stereocenters. The Morgan fingerprint density at radius 2 is 2.09 bits per heavy atom. The van der Waals surface area contributed by atoms with Gasteiger partial charge in [-0.15, -0.1) is 0 Å². The zero-order chi connectivity index (χ0) is 16.1. The maximum atomic E-state index is 11.7. The van der Waals surface area contributed by atoms with E-state index in [1.165, 1.54) is 18.2 Å². The lowest BCUT2D eigenvalue weighted by atomic mass is 9.93. The monoisotopic (exact) mass is 308 g/mol. The van der Waals surface area contributed by atoms with Crippen LogP contribution in [0, 0.1) is 10.1 Å². The lowest BCUT2D eigenvalue weighted by Crippen LogP contribution is -2.28. The molecule has 1 aromatic rings. The Morgan fingerprint density at radius 1 is 1.41 bits per heavy atom. The molecule has 22 heavy (non-hydrogen) atoms. The second-order valence-electron chi connectivity index (χ2n) is 5.36. The van der Waals surface area contributed by atoms with Crippen LogP contribution >= 0.6 is 0 Å². The molecular formula is C15H20N2O5. The number of nitro groups is 1. The molecule has 1 aromatic carbocycles. The number of aliphatic hydroxyl groups is 1. The van der Waals surface area contributed by atoms with Crippen LogP contribution in [-0.4, -0.2) is 34.8 Å². The molecule has 2 N–H and O–H groups in total. The number of anilines is 1. The molecule has 1 aliphatic carbocycles. The minimum Gasteiger partial charge on any atom is -0.462 e. The highest BCUT2D eigenvalue weighted by molar-refractivity contribution is 5.91. The number of carbonyl (C=O) groups excluding carboxylic acids is 1. The number of nitrogens with zero attached hydrogens (tertiary/aromatic N) is 1. The van der Waals surface area contributed by atoms with Crippen molar-refractivity contribution in [3.63, 3.8) is 0 Å². The minimum absolute atomic E-state index is 0.0931. The van der Waals surface area contributed by atoms with Crippen LogP contribution in [0.2, 0.25) is 0 Å². The number of hydrogen-bond acceptors (Lipinski definition) is 6. The van der Waals surface area contributed by atoms with Gasteiger partial charge in [-0.3, -0.25) is 10.1 Å². The molecule has 0 heterocycles. The summed E-state index contributed by atoms with van der Waals surface area (Å²) in [5.74, 6) is -0.571. The maximum Gasteiger partial charge on any atom is 0.338 e. The van der Waals surface area contributed by atoms with E-state index in [2.05, 4.69) is 5.32 Å². The fourth-order valence-corrected chi connectivity index (χ4v) is 2.59. The Bertz CT molecular complexity index is 553. The molecule has 1 fully saturated rings. The van der Waals surface area contributed by atoms with Crippen LogP contribution in [0.1, 0.15) is 43.0 Å². The minimum atomic E-state index is -0.571. The number of rotatable bonds is 5. The maximum absolute atomic E-state index is 11.7. The van der Waals surface area contributed by atoms with Crippen molar-refractivity contribution in [1.82, 2.24) is 0 Å². The summed E-state index contributed by atoms with van der Waals surface area (Å²) in [4.78, 5) is 22.4. The van der Waals surface area contributed by atoms with Gasteiger partial charge in [0.1, 0.15) is 5.69 Å². The lowest BCUT2D eigenvalue weighted by Gasteiger charge is -2.26. The van der Waals surface area contributed by atoms with Gasteiger partial charge in [0.05, 0.1) is 23.2 Å². The van der Waals surface area contributed by atoms with Gasteiger partial charge in [-0.25, -0.2) is 4.79 Å². The zero-order valence-electron chi connectivity index (χ0n) is 12.4. The standard InChI is InChI=1S/C15H20N2O5/c1-2-22-15(19)10-3-8-13(14(9-10)17(20)21)16-11-4-6-12(18)7-5-11/h3,8-9,11-12,16,18H,2,4-7H2,1H3. The van der Waals surface area contributed by atoms with E-state index in [0.717, 1.165) is 12.8 Å². The van der Waals surface area contributed by atoms with Crippen LogP contribution in [0.25, 0.3) is 0 Å². The topological polar surface area (TPSA) is 102 Å². The van der Waals surface area contributed by atoms with Crippen LogP contribution in [0.15, 0.2) is 18.2 Å². The van der Waals surface area contributed by atoms with Crippen molar-refractivity contribution in [3.05, 3.63) is 33.9 Å². The smallest absolute Gasteiger partial charge is 0.338 e. The summed E-state index contributed by atoms with van der Waals surface area (Å²) in [6.45, 7) is 1.90. The van der Waals surface area contributed by atoms with Crippen LogP contribution in [0.3, 0.4) is 0 Å². The molecule has 0 spiro atoms. The molecule has 0 saturated heterocycles. The summed E-state index contributed by atoms with van der Waals surface area (Å²) in [6.07, 6.45) is 2.62. The number of carbonyl (C=O) groups is 1. The van der Waals surface area contributed by atoms with Crippen molar-refractivity contribution in [1.29, 1.82) is 0 Å². The Kier molecular flexibility index (Phi) is 5.32. The third-order valence-electron chi connectivity index (χ3n) is 3.76. The number of nitro benzene ring substituents is 1. The Morgan fingerprint density at radius 3 is 2.68 bits per heavy atom. The van der Waals surface area contributed by atoms with Crippen LogP contribution < -0.4 is 5.32 Å². The van der Waals surface area contributed by atoms with Crippen molar-refractivity contribution < 1.29 is 19.6 Å². The summed E-state index contributed by atoms with van der Waals surface area (Å²) in [5.41, 5.74) is 0.411. The molecule has 7 nitrogen and oxygen atoms in total. The summed E-state index contributed by atoms with van der Waals surface area (Å²) >= 11 is 0. The van der Waals surface area contributed by atoms with Crippen molar-refractivity contribution in [2.45, 2.75) is 44.8 Å². The van der Waals surface area contributed by atoms with Crippen molar-refractivity contribution in [2.24, 2.45) is 0 Å². The number of ether oxygens (including phenoxy) is 1. The van der Waals surface area contributed by atoms with E-state index in [0.29, 0.717) is 18.5 Å². The second kappa shape index (κ2) is 7.22. The first-order valence-electron chi connectivity index (χ1n) is 7.41. The van der Waals surface area contributed by atoms with E-state index in [-0.39, 0.29) is 30.0 Å². The van der Waals surface area contributed by atoms with Gasteiger partial charge in [-0.1, -0.05) is 0 Å². The Labute approximate surface area is 128 Å². The predicted octanol–water partition coefficient (Wildman–Crippen LogP) is 2.49. The van der Waals surface area contributed by atoms with Gasteiger partial charge in [-0.2, -0.15) is 0 Å². The largest absolute Gasteiger partial charge is 0.462 e. The quantitative estimate of drug-likeness (QED) is 0.492. The molecule has 1 saturated carbocycles. The molecule has 120 valence electrons. The SMILES string of the molecule is CCOC(=O)c1ccc(NC2CCC(O)CC2)c([N+](=O)[O-])c1. The van der Waals surface area contributed by atoms with Gasteiger partial charge in [0, 0.05) is 12.1 Å². The fraction of sp³-hybridized carbons (Fsp3) is 0.533. The van der Waals surface area contributed by atoms with Gasteiger partial charge < -0.3 is 15.2 Å². The van der Waals surface area contributed by atoms with Crippen LogP contribution in [0.4, 0.5) is 11.4 Å². The summed E-state index contributed by atoms with van der Waals surface area (Å²) in [7, 11) is 0. The van der Waals surface area contributed by atoms with E-state index >= 15 is 0 Å². The first kappa shape index (κ1) is 16.2. The van der Waals surface area contributed by atoms with Crippen LogP contribution in [-0.2, 0) is 4.74 Å². The highest BCUT2D eigenvalue weighted by Gasteiger charge is 2.23. The number of benzene rings is 1. The fourth-order valence-electron chi connectivity index (χ4n) is 2.59. The molecule has 7 heteroatoms. The third kappa shape index (κ3) is 3.94. The van der Waals surface area contributed by atoms with Crippen LogP contribution in [0.5, 0.6) is 0 Å². The molecule has 1 aliphatic rings. The molecule has 0 aliphatic heterocycles. The number of aliphatic hydroxyl groups excluding tert-OH is 1. The van der Waals surface area contributed by atoms with E-state index in [1.54, 1.807) is 6.92 Å². The average Bonchev–Trinajstić information content (AvgIpc) is 2.50. The van der Waals surface area contributed by atoms with E-state index in [4.69, 9.17) is 4.74 Å². The van der Waals surface area contributed by atoms with Crippen molar-refractivity contribution in [3.8, 4) is 0 Å². The second-order valence-corrected chi connectivity index (χ2v) is 5.36. The van der Waals surface area contributed by atoms with E-state index < -0.39 is 10.9 Å². The normalized spacial score (nSPS) is 21.2. The molecule has 0 unspecified atom stereocenters. The highest BCUT2D eigenvalue weighted by atomic mass is 16.6. The number of esters is 1.